The van der Waals surface area contributed by atoms with Gasteiger partial charge in [0, 0.05) is 24.9 Å². The van der Waals surface area contributed by atoms with Crippen molar-refractivity contribution >= 4 is 11.8 Å². The molecule has 0 aromatic rings. The molecule has 1 heterocycles. The fourth-order valence-corrected chi connectivity index (χ4v) is 4.47. The second kappa shape index (κ2) is 7.76. The van der Waals surface area contributed by atoms with Crippen LogP contribution in [-0.4, -0.2) is 48.6 Å². The molecular weight excluding hydrogens is 240 g/mol. The number of nitrogens with zero attached hydrogens (tertiary/aromatic N) is 1. The summed E-state index contributed by atoms with van der Waals surface area (Å²) in [4.78, 5) is 2.73. The van der Waals surface area contributed by atoms with Crippen LogP contribution in [0.25, 0.3) is 0 Å². The molecule has 3 heteroatoms. The van der Waals surface area contributed by atoms with Crippen LogP contribution in [0.4, 0.5) is 0 Å². The molecular formula is C15H30N2S. The molecule has 0 aromatic heterocycles. The maximum Gasteiger partial charge on any atom is 0.0108 e. The van der Waals surface area contributed by atoms with E-state index >= 15 is 0 Å². The Morgan fingerprint density at radius 3 is 2.94 bits per heavy atom. The fraction of sp³-hybridized carbons (Fsp3) is 1.00. The molecule has 2 rings (SSSR count). The third-order valence-corrected chi connectivity index (χ3v) is 5.57. The van der Waals surface area contributed by atoms with Crippen molar-refractivity contribution in [3.8, 4) is 0 Å². The highest BCUT2D eigenvalue weighted by atomic mass is 32.2. The van der Waals surface area contributed by atoms with Crippen molar-refractivity contribution in [1.82, 2.24) is 10.2 Å². The first-order valence-electron chi connectivity index (χ1n) is 7.83. The van der Waals surface area contributed by atoms with E-state index in [2.05, 4.69) is 35.8 Å². The molecule has 106 valence electrons. The van der Waals surface area contributed by atoms with Gasteiger partial charge in [0.2, 0.25) is 0 Å². The first-order valence-corrected chi connectivity index (χ1v) is 8.98. The summed E-state index contributed by atoms with van der Waals surface area (Å²) in [7, 11) is 0. The molecule has 1 saturated carbocycles. The Morgan fingerprint density at radius 1 is 1.22 bits per heavy atom. The van der Waals surface area contributed by atoms with Gasteiger partial charge in [-0.15, -0.1) is 0 Å². The van der Waals surface area contributed by atoms with Gasteiger partial charge in [-0.1, -0.05) is 13.8 Å². The molecule has 1 saturated heterocycles. The number of thioether (sulfide) groups is 1. The molecule has 18 heavy (non-hydrogen) atoms. The van der Waals surface area contributed by atoms with E-state index in [0.29, 0.717) is 0 Å². The molecule has 1 aliphatic carbocycles. The predicted octanol–water partition coefficient (Wildman–Crippen LogP) is 2.84. The second-order valence-corrected chi connectivity index (χ2v) is 7.33. The van der Waals surface area contributed by atoms with E-state index in [9.17, 15) is 0 Å². The predicted molar refractivity (Wildman–Crippen MR) is 82.4 cm³/mol. The quantitative estimate of drug-likeness (QED) is 0.846. The summed E-state index contributed by atoms with van der Waals surface area (Å²) in [5.74, 6) is 4.53. The zero-order valence-electron chi connectivity index (χ0n) is 12.2. The zero-order valence-corrected chi connectivity index (χ0v) is 13.0. The maximum absolute atomic E-state index is 3.73. The van der Waals surface area contributed by atoms with E-state index in [0.717, 1.165) is 24.4 Å². The molecule has 0 radical (unpaired) electrons. The lowest BCUT2D eigenvalue weighted by Crippen LogP contribution is -2.46. The van der Waals surface area contributed by atoms with Gasteiger partial charge >= 0.3 is 0 Å². The highest BCUT2D eigenvalue weighted by Gasteiger charge is 2.29. The molecule has 0 spiro atoms. The molecule has 2 fully saturated rings. The third kappa shape index (κ3) is 4.43. The standard InChI is InChI=1S/C15H30N2S/c1-3-16-15-6-5-13(2)11-14(15)12-17-7-4-9-18-10-8-17/h13-16H,3-12H2,1-2H3. The average molecular weight is 270 g/mol. The minimum atomic E-state index is 0.780. The molecule has 1 aliphatic heterocycles. The van der Waals surface area contributed by atoms with E-state index in [4.69, 9.17) is 0 Å². The van der Waals surface area contributed by atoms with Crippen LogP contribution in [0.15, 0.2) is 0 Å². The molecule has 0 aromatic carbocycles. The summed E-state index contributed by atoms with van der Waals surface area (Å²) in [6, 6.07) is 0.780. The Kier molecular flexibility index (Phi) is 6.33. The Balaban J connectivity index is 1.86. The fourth-order valence-electron chi connectivity index (χ4n) is 3.54. The lowest BCUT2D eigenvalue weighted by atomic mass is 9.78. The van der Waals surface area contributed by atoms with Gasteiger partial charge in [0.05, 0.1) is 0 Å². The summed E-state index contributed by atoms with van der Waals surface area (Å²) in [5, 5.41) is 3.73. The maximum atomic E-state index is 3.73. The molecule has 2 nitrogen and oxygen atoms in total. The van der Waals surface area contributed by atoms with Crippen LogP contribution in [0.2, 0.25) is 0 Å². The smallest absolute Gasteiger partial charge is 0.0108 e. The second-order valence-electron chi connectivity index (χ2n) is 6.11. The normalized spacial score (nSPS) is 35.3. The Bertz CT molecular complexity index is 227. The van der Waals surface area contributed by atoms with Crippen molar-refractivity contribution in [2.24, 2.45) is 11.8 Å². The van der Waals surface area contributed by atoms with E-state index in [1.807, 2.05) is 0 Å². The number of hydrogen-bond acceptors (Lipinski definition) is 3. The highest BCUT2D eigenvalue weighted by Crippen LogP contribution is 2.30. The lowest BCUT2D eigenvalue weighted by molar-refractivity contribution is 0.151. The molecule has 0 bridgehead atoms. The minimum absolute atomic E-state index is 0.780. The molecule has 2 aliphatic rings. The monoisotopic (exact) mass is 270 g/mol. The van der Waals surface area contributed by atoms with Gasteiger partial charge in [-0.25, -0.2) is 0 Å². The lowest BCUT2D eigenvalue weighted by Gasteiger charge is -2.38. The summed E-state index contributed by atoms with van der Waals surface area (Å²) in [5.41, 5.74) is 0. The summed E-state index contributed by atoms with van der Waals surface area (Å²) < 4.78 is 0. The first kappa shape index (κ1) is 14.7. The van der Waals surface area contributed by atoms with Crippen LogP contribution in [-0.2, 0) is 0 Å². The van der Waals surface area contributed by atoms with Crippen LogP contribution >= 0.6 is 11.8 Å². The van der Waals surface area contributed by atoms with Gasteiger partial charge in [-0.2, -0.15) is 11.8 Å². The third-order valence-electron chi connectivity index (χ3n) is 4.52. The van der Waals surface area contributed by atoms with Crippen LogP contribution in [0.1, 0.15) is 39.5 Å². The van der Waals surface area contributed by atoms with Crippen LogP contribution in [0.3, 0.4) is 0 Å². The van der Waals surface area contributed by atoms with Crippen molar-refractivity contribution in [2.75, 3.05) is 37.7 Å². The summed E-state index contributed by atoms with van der Waals surface area (Å²) in [6.45, 7) is 9.80. The molecule has 0 amide bonds. The molecule has 1 N–H and O–H groups in total. The van der Waals surface area contributed by atoms with Gasteiger partial charge in [0.1, 0.15) is 0 Å². The largest absolute Gasteiger partial charge is 0.314 e. The Labute approximate surface area is 117 Å². The van der Waals surface area contributed by atoms with E-state index < -0.39 is 0 Å². The SMILES string of the molecule is CCNC1CCC(C)CC1CN1CCCSCC1. The zero-order chi connectivity index (χ0) is 12.8. The Morgan fingerprint density at radius 2 is 2.11 bits per heavy atom. The topological polar surface area (TPSA) is 15.3 Å². The Hall–Kier alpha value is 0.270. The van der Waals surface area contributed by atoms with Crippen LogP contribution in [0, 0.1) is 11.8 Å². The number of rotatable bonds is 4. The van der Waals surface area contributed by atoms with Crippen molar-refractivity contribution in [3.05, 3.63) is 0 Å². The van der Waals surface area contributed by atoms with E-state index in [-0.39, 0.29) is 0 Å². The van der Waals surface area contributed by atoms with Crippen molar-refractivity contribution in [3.63, 3.8) is 0 Å². The average Bonchev–Trinajstić information content (AvgIpc) is 2.61. The molecule has 3 atom stereocenters. The summed E-state index contributed by atoms with van der Waals surface area (Å²) >= 11 is 2.14. The van der Waals surface area contributed by atoms with E-state index in [1.54, 1.807) is 0 Å². The van der Waals surface area contributed by atoms with Crippen molar-refractivity contribution < 1.29 is 0 Å². The number of hydrogen-bond donors (Lipinski definition) is 1. The first-order chi connectivity index (χ1) is 8.79. The molecule has 3 unspecified atom stereocenters. The number of nitrogens with one attached hydrogen (secondary N) is 1. The van der Waals surface area contributed by atoms with Crippen LogP contribution < -0.4 is 5.32 Å². The summed E-state index contributed by atoms with van der Waals surface area (Å²) in [6.07, 6.45) is 5.63. The van der Waals surface area contributed by atoms with Crippen molar-refractivity contribution in [2.45, 2.75) is 45.6 Å². The van der Waals surface area contributed by atoms with Gasteiger partial charge in [-0.05, 0) is 56.4 Å². The highest BCUT2D eigenvalue weighted by molar-refractivity contribution is 7.99. The van der Waals surface area contributed by atoms with Gasteiger partial charge in [-0.3, -0.25) is 0 Å². The van der Waals surface area contributed by atoms with Gasteiger partial charge in [0.25, 0.3) is 0 Å². The van der Waals surface area contributed by atoms with E-state index in [1.165, 1.54) is 56.8 Å². The van der Waals surface area contributed by atoms with Gasteiger partial charge < -0.3 is 10.2 Å². The minimum Gasteiger partial charge on any atom is -0.314 e. The van der Waals surface area contributed by atoms with Crippen molar-refractivity contribution in [1.29, 1.82) is 0 Å². The van der Waals surface area contributed by atoms with Crippen LogP contribution in [0.5, 0.6) is 0 Å². The van der Waals surface area contributed by atoms with Gasteiger partial charge in [0.15, 0.2) is 0 Å².